The van der Waals surface area contributed by atoms with Crippen LogP contribution in [0, 0.1) is 27.7 Å². The second kappa shape index (κ2) is 7.21. The maximum absolute atomic E-state index is 12.3. The Labute approximate surface area is 141 Å². The van der Waals surface area contributed by atoms with Gasteiger partial charge in [0.1, 0.15) is 0 Å². The number of carbonyl (C=O) groups is 2. The van der Waals surface area contributed by atoms with Gasteiger partial charge in [-0.25, -0.2) is 9.78 Å². The molecule has 2 aromatic rings. The number of aromatic nitrogens is 2. The van der Waals surface area contributed by atoms with Crippen LogP contribution in [0.5, 0.6) is 0 Å². The van der Waals surface area contributed by atoms with Gasteiger partial charge in [-0.3, -0.25) is 9.78 Å². The molecule has 1 amide bonds. The molecule has 0 radical (unpaired) electrons. The molecule has 1 aromatic heterocycles. The first-order chi connectivity index (χ1) is 11.3. The van der Waals surface area contributed by atoms with Crippen LogP contribution < -0.4 is 5.32 Å². The summed E-state index contributed by atoms with van der Waals surface area (Å²) >= 11 is 0. The Morgan fingerprint density at radius 2 is 1.67 bits per heavy atom. The smallest absolute Gasteiger partial charge is 0.359 e. The second-order valence-electron chi connectivity index (χ2n) is 5.85. The summed E-state index contributed by atoms with van der Waals surface area (Å²) in [5, 5.41) is 2.82. The van der Waals surface area contributed by atoms with Crippen LogP contribution in [0.15, 0.2) is 24.5 Å². The second-order valence-corrected chi connectivity index (χ2v) is 5.85. The van der Waals surface area contributed by atoms with Gasteiger partial charge in [-0.05, 0) is 45.7 Å². The highest BCUT2D eigenvalue weighted by molar-refractivity contribution is 5.97. The van der Waals surface area contributed by atoms with Crippen molar-refractivity contribution in [3.63, 3.8) is 0 Å². The molecule has 6 heteroatoms. The molecule has 0 unspecified atom stereocenters. The molecular formula is C18H21N3O3. The average molecular weight is 327 g/mol. The third kappa shape index (κ3) is 4.16. The molecule has 126 valence electrons. The van der Waals surface area contributed by atoms with Gasteiger partial charge >= 0.3 is 5.97 Å². The van der Waals surface area contributed by atoms with Crippen LogP contribution in [0.25, 0.3) is 0 Å². The Hall–Kier alpha value is -2.76. The van der Waals surface area contributed by atoms with Crippen molar-refractivity contribution in [1.29, 1.82) is 0 Å². The Morgan fingerprint density at radius 1 is 1.04 bits per heavy atom. The largest absolute Gasteiger partial charge is 0.448 e. The van der Waals surface area contributed by atoms with Gasteiger partial charge in [0.15, 0.2) is 11.8 Å². The summed E-state index contributed by atoms with van der Waals surface area (Å²) < 4.78 is 5.16. The third-order valence-corrected chi connectivity index (χ3v) is 3.57. The molecule has 2 rings (SSSR count). The third-order valence-electron chi connectivity index (χ3n) is 3.57. The maximum Gasteiger partial charge on any atom is 0.359 e. The first kappa shape index (κ1) is 17.6. The van der Waals surface area contributed by atoms with Crippen LogP contribution in [0.3, 0.4) is 0 Å². The highest BCUT2D eigenvalue weighted by atomic mass is 16.5. The maximum atomic E-state index is 12.3. The molecule has 1 aromatic carbocycles. The number of carbonyl (C=O) groups excluding carboxylic acids is 2. The Bertz CT molecular complexity index is 747. The van der Waals surface area contributed by atoms with Gasteiger partial charge in [0, 0.05) is 11.9 Å². The molecule has 0 aliphatic heterocycles. The lowest BCUT2D eigenvalue weighted by atomic mass is 10.0. The number of nitrogens with one attached hydrogen (secondary N) is 1. The van der Waals surface area contributed by atoms with E-state index in [4.69, 9.17) is 4.74 Å². The van der Waals surface area contributed by atoms with Gasteiger partial charge in [0.2, 0.25) is 0 Å². The fraction of sp³-hybridized carbons (Fsp3) is 0.333. The molecule has 1 heterocycles. The molecule has 1 atom stereocenters. The van der Waals surface area contributed by atoms with Crippen LogP contribution in [0.1, 0.15) is 39.8 Å². The standard InChI is InChI=1S/C18H21N3O3/c1-10-6-11(2)16(12(3)7-10)21-17(22)14(5)24-18(23)15-9-19-13(4)8-20-15/h6-9,14H,1-5H3,(H,21,22)/t14-/m0/s1. The van der Waals surface area contributed by atoms with E-state index in [1.54, 1.807) is 6.92 Å². The van der Waals surface area contributed by atoms with E-state index in [1.807, 2.05) is 32.9 Å². The van der Waals surface area contributed by atoms with Gasteiger partial charge in [0.05, 0.1) is 11.9 Å². The molecule has 1 N–H and O–H groups in total. The van der Waals surface area contributed by atoms with Crippen molar-refractivity contribution < 1.29 is 14.3 Å². The van der Waals surface area contributed by atoms with Crippen molar-refractivity contribution in [3.8, 4) is 0 Å². The number of nitrogens with zero attached hydrogens (tertiary/aromatic N) is 2. The number of benzene rings is 1. The number of amides is 1. The summed E-state index contributed by atoms with van der Waals surface area (Å²) in [6.45, 7) is 9.14. The molecular weight excluding hydrogens is 306 g/mol. The number of hydrogen-bond acceptors (Lipinski definition) is 5. The monoisotopic (exact) mass is 327 g/mol. The van der Waals surface area contributed by atoms with E-state index in [2.05, 4.69) is 15.3 Å². The van der Waals surface area contributed by atoms with Gasteiger partial charge in [-0.2, -0.15) is 0 Å². The van der Waals surface area contributed by atoms with Crippen LogP contribution in [0.4, 0.5) is 5.69 Å². The summed E-state index contributed by atoms with van der Waals surface area (Å²) in [7, 11) is 0. The number of esters is 1. The zero-order valence-corrected chi connectivity index (χ0v) is 14.5. The van der Waals surface area contributed by atoms with Crippen molar-refractivity contribution in [3.05, 3.63) is 52.6 Å². The summed E-state index contributed by atoms with van der Waals surface area (Å²) in [6.07, 6.45) is 1.86. The first-order valence-electron chi connectivity index (χ1n) is 7.66. The van der Waals surface area contributed by atoms with Gasteiger partial charge in [-0.15, -0.1) is 0 Å². The van der Waals surface area contributed by atoms with E-state index in [9.17, 15) is 9.59 Å². The van der Waals surface area contributed by atoms with E-state index in [-0.39, 0.29) is 5.69 Å². The molecule has 0 saturated carbocycles. The van der Waals surface area contributed by atoms with Gasteiger partial charge in [0.25, 0.3) is 5.91 Å². The molecule has 0 aliphatic carbocycles. The summed E-state index contributed by atoms with van der Waals surface area (Å²) in [6, 6.07) is 3.97. The molecule has 6 nitrogen and oxygen atoms in total. The quantitative estimate of drug-likeness (QED) is 0.873. The van der Waals surface area contributed by atoms with Crippen LogP contribution in [-0.2, 0) is 9.53 Å². The molecule has 0 fully saturated rings. The van der Waals surface area contributed by atoms with Gasteiger partial charge < -0.3 is 10.1 Å². The average Bonchev–Trinajstić information content (AvgIpc) is 2.51. The van der Waals surface area contributed by atoms with Crippen LogP contribution in [0.2, 0.25) is 0 Å². The lowest BCUT2D eigenvalue weighted by Gasteiger charge is -2.16. The van der Waals surface area contributed by atoms with Crippen LogP contribution >= 0.6 is 0 Å². The Morgan fingerprint density at radius 3 is 2.21 bits per heavy atom. The number of anilines is 1. The highest BCUT2D eigenvalue weighted by Crippen LogP contribution is 2.22. The molecule has 0 bridgehead atoms. The fourth-order valence-electron chi connectivity index (χ4n) is 2.37. The molecule has 0 aliphatic rings. The predicted molar refractivity (Wildman–Crippen MR) is 90.9 cm³/mol. The molecule has 0 spiro atoms. The zero-order chi connectivity index (χ0) is 17.9. The fourth-order valence-corrected chi connectivity index (χ4v) is 2.37. The number of rotatable bonds is 4. The van der Waals surface area contributed by atoms with Crippen molar-refractivity contribution in [2.45, 2.75) is 40.7 Å². The van der Waals surface area contributed by atoms with Gasteiger partial charge in [-0.1, -0.05) is 17.7 Å². The van der Waals surface area contributed by atoms with Crippen molar-refractivity contribution >= 4 is 17.6 Å². The lowest BCUT2D eigenvalue weighted by molar-refractivity contribution is -0.123. The minimum atomic E-state index is -0.944. The number of ether oxygens (including phenoxy) is 1. The van der Waals surface area contributed by atoms with Crippen molar-refractivity contribution in [1.82, 2.24) is 9.97 Å². The highest BCUT2D eigenvalue weighted by Gasteiger charge is 2.21. The summed E-state index contributed by atoms with van der Waals surface area (Å²) in [5.41, 5.74) is 4.56. The van der Waals surface area contributed by atoms with Crippen molar-refractivity contribution in [2.75, 3.05) is 5.32 Å². The van der Waals surface area contributed by atoms with E-state index in [0.29, 0.717) is 5.69 Å². The van der Waals surface area contributed by atoms with E-state index in [0.717, 1.165) is 22.4 Å². The predicted octanol–water partition coefficient (Wildman–Crippen LogP) is 2.89. The Balaban J connectivity index is 2.05. The zero-order valence-electron chi connectivity index (χ0n) is 14.5. The van der Waals surface area contributed by atoms with Crippen molar-refractivity contribution in [2.24, 2.45) is 0 Å². The number of hydrogen-bond donors (Lipinski definition) is 1. The first-order valence-corrected chi connectivity index (χ1v) is 7.66. The topological polar surface area (TPSA) is 81.2 Å². The molecule has 24 heavy (non-hydrogen) atoms. The summed E-state index contributed by atoms with van der Waals surface area (Å²) in [4.78, 5) is 32.2. The summed E-state index contributed by atoms with van der Waals surface area (Å²) in [5.74, 6) is -1.07. The number of aryl methyl sites for hydroxylation is 4. The SMILES string of the molecule is Cc1cc(C)c(NC(=O)[C@H](C)OC(=O)c2cnc(C)cn2)c(C)c1. The minimum Gasteiger partial charge on any atom is -0.448 e. The normalized spacial score (nSPS) is 11.7. The van der Waals surface area contributed by atoms with E-state index in [1.165, 1.54) is 19.3 Å². The Kier molecular flexibility index (Phi) is 5.28. The minimum absolute atomic E-state index is 0.0722. The molecule has 0 saturated heterocycles. The van der Waals surface area contributed by atoms with Crippen LogP contribution in [-0.4, -0.2) is 27.9 Å². The van der Waals surface area contributed by atoms with E-state index >= 15 is 0 Å². The lowest BCUT2D eigenvalue weighted by Crippen LogP contribution is -2.30. The van der Waals surface area contributed by atoms with E-state index < -0.39 is 18.0 Å².